The number of hydrogen-bond donors (Lipinski definition) is 2. The highest BCUT2D eigenvalue weighted by Gasteiger charge is 2.28. The molecule has 17 heavy (non-hydrogen) atoms. The van der Waals surface area contributed by atoms with E-state index in [0.29, 0.717) is 25.2 Å². The number of halogens is 1. The van der Waals surface area contributed by atoms with Gasteiger partial charge in [-0.1, -0.05) is 0 Å². The van der Waals surface area contributed by atoms with Gasteiger partial charge in [0.1, 0.15) is 11.9 Å². The van der Waals surface area contributed by atoms with Crippen LogP contribution in [0.2, 0.25) is 0 Å². The first-order chi connectivity index (χ1) is 8.16. The van der Waals surface area contributed by atoms with E-state index >= 15 is 0 Å². The number of aromatic nitrogens is 1. The molecule has 1 saturated heterocycles. The SMILES string of the molecule is O=C(O)C1CNCCN1Cc1cncc(F)c1. The molecule has 2 rings (SSSR count). The van der Waals surface area contributed by atoms with Gasteiger partial charge in [-0.25, -0.2) is 4.39 Å². The van der Waals surface area contributed by atoms with Gasteiger partial charge >= 0.3 is 5.97 Å². The smallest absolute Gasteiger partial charge is 0.322 e. The van der Waals surface area contributed by atoms with Crippen molar-refractivity contribution < 1.29 is 14.3 Å². The topological polar surface area (TPSA) is 65.5 Å². The van der Waals surface area contributed by atoms with Gasteiger partial charge in [0.25, 0.3) is 0 Å². The number of rotatable bonds is 3. The normalized spacial score (nSPS) is 21.4. The summed E-state index contributed by atoms with van der Waals surface area (Å²) in [6.07, 6.45) is 2.69. The van der Waals surface area contributed by atoms with Crippen molar-refractivity contribution in [1.82, 2.24) is 15.2 Å². The Bertz CT molecular complexity index is 413. The molecule has 0 bridgehead atoms. The molecule has 0 radical (unpaired) electrons. The molecule has 0 saturated carbocycles. The molecular formula is C11H14FN3O2. The van der Waals surface area contributed by atoms with Gasteiger partial charge in [0.15, 0.2) is 0 Å². The molecule has 1 fully saturated rings. The van der Waals surface area contributed by atoms with Crippen LogP contribution in [0.4, 0.5) is 4.39 Å². The molecule has 92 valence electrons. The van der Waals surface area contributed by atoms with E-state index in [4.69, 9.17) is 5.11 Å². The lowest BCUT2D eigenvalue weighted by molar-refractivity contribution is -0.144. The van der Waals surface area contributed by atoms with E-state index in [0.717, 1.165) is 12.7 Å². The third-order valence-electron chi connectivity index (χ3n) is 2.79. The first-order valence-electron chi connectivity index (χ1n) is 5.44. The number of piperazine rings is 1. The maximum atomic E-state index is 13.0. The summed E-state index contributed by atoms with van der Waals surface area (Å²) < 4.78 is 13.0. The number of aliphatic carboxylic acids is 1. The summed E-state index contributed by atoms with van der Waals surface area (Å²) in [5.74, 6) is -1.26. The van der Waals surface area contributed by atoms with Gasteiger partial charge in [0, 0.05) is 32.4 Å². The third-order valence-corrected chi connectivity index (χ3v) is 2.79. The Morgan fingerprint density at radius 1 is 1.65 bits per heavy atom. The molecule has 1 aromatic heterocycles. The highest BCUT2D eigenvalue weighted by Crippen LogP contribution is 2.10. The van der Waals surface area contributed by atoms with Crippen molar-refractivity contribution in [3.8, 4) is 0 Å². The highest BCUT2D eigenvalue weighted by atomic mass is 19.1. The first kappa shape index (κ1) is 11.9. The van der Waals surface area contributed by atoms with Crippen molar-refractivity contribution in [3.63, 3.8) is 0 Å². The monoisotopic (exact) mass is 239 g/mol. The van der Waals surface area contributed by atoms with Crippen LogP contribution >= 0.6 is 0 Å². The minimum Gasteiger partial charge on any atom is -0.480 e. The van der Waals surface area contributed by atoms with E-state index in [1.54, 1.807) is 6.20 Å². The van der Waals surface area contributed by atoms with Gasteiger partial charge < -0.3 is 10.4 Å². The first-order valence-corrected chi connectivity index (χ1v) is 5.44. The predicted molar refractivity (Wildman–Crippen MR) is 58.9 cm³/mol. The van der Waals surface area contributed by atoms with Gasteiger partial charge in [0.05, 0.1) is 6.20 Å². The number of nitrogens with zero attached hydrogens (tertiary/aromatic N) is 2. The number of carboxylic acids is 1. The van der Waals surface area contributed by atoms with Crippen LogP contribution in [-0.2, 0) is 11.3 Å². The quantitative estimate of drug-likeness (QED) is 0.782. The van der Waals surface area contributed by atoms with Crippen molar-refractivity contribution >= 4 is 5.97 Å². The molecule has 0 aromatic carbocycles. The Morgan fingerprint density at radius 3 is 3.18 bits per heavy atom. The molecule has 2 N–H and O–H groups in total. The molecule has 6 heteroatoms. The number of carbonyl (C=O) groups is 1. The van der Waals surface area contributed by atoms with Gasteiger partial charge in [-0.15, -0.1) is 0 Å². The summed E-state index contributed by atoms with van der Waals surface area (Å²) >= 11 is 0. The van der Waals surface area contributed by atoms with Gasteiger partial charge in [-0.05, 0) is 11.6 Å². The number of carboxylic acid groups (broad SMARTS) is 1. The summed E-state index contributed by atoms with van der Waals surface area (Å²) in [4.78, 5) is 16.6. The second-order valence-corrected chi connectivity index (χ2v) is 4.04. The molecule has 1 aliphatic heterocycles. The van der Waals surface area contributed by atoms with E-state index in [9.17, 15) is 9.18 Å². The molecule has 0 aliphatic carbocycles. The van der Waals surface area contributed by atoms with E-state index in [-0.39, 0.29) is 0 Å². The number of hydrogen-bond acceptors (Lipinski definition) is 4. The van der Waals surface area contributed by atoms with E-state index in [2.05, 4.69) is 10.3 Å². The Hall–Kier alpha value is -1.53. The molecule has 1 aliphatic rings. The second-order valence-electron chi connectivity index (χ2n) is 4.04. The zero-order valence-electron chi connectivity index (χ0n) is 9.27. The zero-order valence-corrected chi connectivity index (χ0v) is 9.27. The minimum atomic E-state index is -0.860. The number of pyridine rings is 1. The van der Waals surface area contributed by atoms with Crippen LogP contribution in [0.15, 0.2) is 18.5 Å². The third kappa shape index (κ3) is 2.98. The maximum absolute atomic E-state index is 13.0. The van der Waals surface area contributed by atoms with E-state index in [1.807, 2.05) is 4.90 Å². The highest BCUT2D eigenvalue weighted by molar-refractivity contribution is 5.74. The molecule has 5 nitrogen and oxygen atoms in total. The van der Waals surface area contributed by atoms with Crippen LogP contribution in [-0.4, -0.2) is 46.6 Å². The van der Waals surface area contributed by atoms with Crippen LogP contribution in [0, 0.1) is 5.82 Å². The van der Waals surface area contributed by atoms with Gasteiger partial charge in [-0.3, -0.25) is 14.7 Å². The van der Waals surface area contributed by atoms with Crippen molar-refractivity contribution in [2.75, 3.05) is 19.6 Å². The Labute approximate surface area is 98.3 Å². The van der Waals surface area contributed by atoms with Crippen molar-refractivity contribution in [3.05, 3.63) is 29.8 Å². The standard InChI is InChI=1S/C11H14FN3O2/c12-9-3-8(4-14-5-9)7-15-2-1-13-6-10(15)11(16)17/h3-5,10,13H,1-2,6-7H2,(H,16,17). The molecule has 2 heterocycles. The predicted octanol–water partition coefficient (Wildman–Crippen LogP) is 0.0791. The Balaban J connectivity index is 2.08. The lowest BCUT2D eigenvalue weighted by atomic mass is 10.1. The van der Waals surface area contributed by atoms with E-state index in [1.165, 1.54) is 6.07 Å². The van der Waals surface area contributed by atoms with Crippen LogP contribution in [0.1, 0.15) is 5.56 Å². The largest absolute Gasteiger partial charge is 0.480 e. The lowest BCUT2D eigenvalue weighted by Crippen LogP contribution is -2.54. The van der Waals surface area contributed by atoms with Crippen LogP contribution in [0.5, 0.6) is 0 Å². The average molecular weight is 239 g/mol. The molecule has 1 atom stereocenters. The molecule has 0 spiro atoms. The fourth-order valence-corrected chi connectivity index (χ4v) is 1.96. The fourth-order valence-electron chi connectivity index (χ4n) is 1.96. The van der Waals surface area contributed by atoms with Gasteiger partial charge in [0.2, 0.25) is 0 Å². The van der Waals surface area contributed by atoms with Crippen molar-refractivity contribution in [1.29, 1.82) is 0 Å². The summed E-state index contributed by atoms with van der Waals surface area (Å²) in [6, 6.07) is 0.820. The summed E-state index contributed by atoms with van der Waals surface area (Å²) in [5, 5.41) is 12.1. The van der Waals surface area contributed by atoms with Gasteiger partial charge in [-0.2, -0.15) is 0 Å². The van der Waals surface area contributed by atoms with E-state index < -0.39 is 17.8 Å². The summed E-state index contributed by atoms with van der Waals surface area (Å²) in [7, 11) is 0. The zero-order chi connectivity index (χ0) is 12.3. The molecule has 1 aromatic rings. The van der Waals surface area contributed by atoms with Crippen LogP contribution in [0.25, 0.3) is 0 Å². The number of nitrogens with one attached hydrogen (secondary N) is 1. The second kappa shape index (κ2) is 5.20. The summed E-state index contributed by atoms with van der Waals surface area (Å²) in [6.45, 7) is 2.20. The Kier molecular flexibility index (Phi) is 3.65. The van der Waals surface area contributed by atoms with Crippen LogP contribution in [0.3, 0.4) is 0 Å². The van der Waals surface area contributed by atoms with Crippen LogP contribution < -0.4 is 5.32 Å². The van der Waals surface area contributed by atoms with Crippen molar-refractivity contribution in [2.45, 2.75) is 12.6 Å². The summed E-state index contributed by atoms with van der Waals surface area (Å²) in [5.41, 5.74) is 0.693. The molecule has 0 amide bonds. The molecular weight excluding hydrogens is 225 g/mol. The van der Waals surface area contributed by atoms with Crippen molar-refractivity contribution in [2.24, 2.45) is 0 Å². The maximum Gasteiger partial charge on any atom is 0.322 e. The lowest BCUT2D eigenvalue weighted by Gasteiger charge is -2.33. The minimum absolute atomic E-state index is 0.399. The average Bonchev–Trinajstić information content (AvgIpc) is 2.29. The molecule has 1 unspecified atom stereocenters. The fraction of sp³-hybridized carbons (Fsp3) is 0.455. The Morgan fingerprint density at radius 2 is 2.47 bits per heavy atom.